The summed E-state index contributed by atoms with van der Waals surface area (Å²) in [5.41, 5.74) is -1.23. The van der Waals surface area contributed by atoms with Gasteiger partial charge >= 0.3 is 0 Å². The number of nitrogens with zero attached hydrogens (tertiary/aromatic N) is 1. The first-order valence-corrected chi connectivity index (χ1v) is 6.74. The van der Waals surface area contributed by atoms with E-state index in [0.29, 0.717) is 18.7 Å². The summed E-state index contributed by atoms with van der Waals surface area (Å²) in [6.45, 7) is 2.39. The minimum absolute atomic E-state index is 0.0387. The third-order valence-corrected chi connectivity index (χ3v) is 3.97. The molecule has 2 rings (SSSR count). The van der Waals surface area contributed by atoms with Crippen LogP contribution in [-0.4, -0.2) is 17.4 Å². The van der Waals surface area contributed by atoms with Gasteiger partial charge in [-0.15, -0.1) is 0 Å². The van der Waals surface area contributed by atoms with E-state index < -0.39 is 33.7 Å². The minimum Gasteiger partial charge on any atom is -0.351 e. The number of nitro groups is 1. The quantitative estimate of drug-likeness (QED) is 0.685. The second-order valence-corrected chi connectivity index (χ2v) is 5.74. The van der Waals surface area contributed by atoms with Crippen molar-refractivity contribution in [3.05, 3.63) is 39.4 Å². The van der Waals surface area contributed by atoms with Gasteiger partial charge in [0.05, 0.1) is 11.0 Å². The lowest BCUT2D eigenvalue weighted by Crippen LogP contribution is -2.34. The zero-order valence-corrected chi connectivity index (χ0v) is 11.6. The van der Waals surface area contributed by atoms with Crippen LogP contribution < -0.4 is 5.32 Å². The Kier molecular flexibility index (Phi) is 4.20. The standard InChI is InChI=1S/C14H16F2N2O3/c1-14(4-2-3-5-14)8-17-13(19)9-6-10(15)11(16)7-12(9)18(20)21/h6-7H,2-5,8H2,1H3,(H,17,19). The molecule has 0 saturated heterocycles. The molecular formula is C14H16F2N2O3. The number of amides is 1. The van der Waals surface area contributed by atoms with Gasteiger partial charge in [0, 0.05) is 6.54 Å². The SMILES string of the molecule is CC1(CNC(=O)c2cc(F)c(F)cc2[N+](=O)[O-])CCCC1. The van der Waals surface area contributed by atoms with E-state index >= 15 is 0 Å². The van der Waals surface area contributed by atoms with Gasteiger partial charge in [0.25, 0.3) is 11.6 Å². The van der Waals surface area contributed by atoms with Crippen LogP contribution in [0.15, 0.2) is 12.1 Å². The second-order valence-electron chi connectivity index (χ2n) is 5.74. The lowest BCUT2D eigenvalue weighted by atomic mass is 9.89. The van der Waals surface area contributed by atoms with E-state index in [1.807, 2.05) is 6.92 Å². The summed E-state index contributed by atoms with van der Waals surface area (Å²) in [7, 11) is 0. The van der Waals surface area contributed by atoms with E-state index in [1.54, 1.807) is 0 Å². The first-order valence-electron chi connectivity index (χ1n) is 6.74. The fourth-order valence-electron chi connectivity index (χ4n) is 2.66. The Morgan fingerprint density at radius 1 is 1.33 bits per heavy atom. The van der Waals surface area contributed by atoms with Crippen LogP contribution in [0.2, 0.25) is 0 Å². The fourth-order valence-corrected chi connectivity index (χ4v) is 2.66. The lowest BCUT2D eigenvalue weighted by Gasteiger charge is -2.23. The number of carbonyl (C=O) groups is 1. The smallest absolute Gasteiger partial charge is 0.285 e. The second kappa shape index (κ2) is 5.75. The van der Waals surface area contributed by atoms with E-state index in [0.717, 1.165) is 25.7 Å². The van der Waals surface area contributed by atoms with Crippen molar-refractivity contribution in [2.45, 2.75) is 32.6 Å². The van der Waals surface area contributed by atoms with Crippen LogP contribution in [-0.2, 0) is 0 Å². The van der Waals surface area contributed by atoms with Crippen molar-refractivity contribution in [1.82, 2.24) is 5.32 Å². The number of benzene rings is 1. The first kappa shape index (κ1) is 15.3. The summed E-state index contributed by atoms with van der Waals surface area (Å²) in [4.78, 5) is 22.0. The van der Waals surface area contributed by atoms with Crippen LogP contribution in [0.5, 0.6) is 0 Å². The van der Waals surface area contributed by atoms with Gasteiger partial charge in [0.15, 0.2) is 11.6 Å². The molecule has 114 valence electrons. The van der Waals surface area contributed by atoms with Crippen LogP contribution in [0.1, 0.15) is 43.0 Å². The van der Waals surface area contributed by atoms with Crippen LogP contribution >= 0.6 is 0 Å². The summed E-state index contributed by atoms with van der Waals surface area (Å²) >= 11 is 0. The maximum atomic E-state index is 13.2. The van der Waals surface area contributed by atoms with Crippen molar-refractivity contribution in [1.29, 1.82) is 0 Å². The molecule has 1 aliphatic rings. The maximum Gasteiger partial charge on any atom is 0.285 e. The molecule has 1 aromatic rings. The molecule has 0 atom stereocenters. The van der Waals surface area contributed by atoms with Crippen molar-refractivity contribution in [3.63, 3.8) is 0 Å². The number of hydrogen-bond acceptors (Lipinski definition) is 3. The number of rotatable bonds is 4. The Bertz CT molecular complexity index is 584. The molecule has 1 aromatic carbocycles. The molecule has 1 saturated carbocycles. The van der Waals surface area contributed by atoms with Crippen LogP contribution in [0.25, 0.3) is 0 Å². The average Bonchev–Trinajstić information content (AvgIpc) is 2.86. The predicted octanol–water partition coefficient (Wildman–Crippen LogP) is 3.18. The van der Waals surface area contributed by atoms with Gasteiger partial charge < -0.3 is 5.32 Å². The normalized spacial score (nSPS) is 16.7. The molecule has 0 aromatic heterocycles. The van der Waals surface area contributed by atoms with Crippen LogP contribution in [0, 0.1) is 27.2 Å². The number of carbonyl (C=O) groups excluding carboxylic acids is 1. The molecule has 0 bridgehead atoms. The van der Waals surface area contributed by atoms with Crippen molar-refractivity contribution in [2.24, 2.45) is 5.41 Å². The highest BCUT2D eigenvalue weighted by Crippen LogP contribution is 2.36. The zero-order chi connectivity index (χ0) is 15.6. The topological polar surface area (TPSA) is 72.2 Å². The highest BCUT2D eigenvalue weighted by molar-refractivity contribution is 5.98. The van der Waals surface area contributed by atoms with Crippen molar-refractivity contribution >= 4 is 11.6 Å². The van der Waals surface area contributed by atoms with Gasteiger partial charge in [0.1, 0.15) is 5.56 Å². The molecule has 21 heavy (non-hydrogen) atoms. The molecule has 1 aliphatic carbocycles. The van der Waals surface area contributed by atoms with Crippen molar-refractivity contribution < 1.29 is 18.5 Å². The Labute approximate surface area is 120 Å². The maximum absolute atomic E-state index is 13.2. The zero-order valence-electron chi connectivity index (χ0n) is 11.6. The minimum atomic E-state index is -1.35. The van der Waals surface area contributed by atoms with Gasteiger partial charge in [-0.1, -0.05) is 19.8 Å². The molecule has 0 spiro atoms. The largest absolute Gasteiger partial charge is 0.351 e. The fraction of sp³-hybridized carbons (Fsp3) is 0.500. The van der Waals surface area contributed by atoms with Gasteiger partial charge in [-0.05, 0) is 24.3 Å². The Balaban J connectivity index is 2.18. The highest BCUT2D eigenvalue weighted by Gasteiger charge is 2.30. The number of halogens is 2. The number of hydrogen-bond donors (Lipinski definition) is 1. The van der Waals surface area contributed by atoms with Gasteiger partial charge in [-0.2, -0.15) is 0 Å². The third kappa shape index (κ3) is 3.34. The molecule has 1 N–H and O–H groups in total. The van der Waals surface area contributed by atoms with Gasteiger partial charge in [-0.25, -0.2) is 8.78 Å². The van der Waals surface area contributed by atoms with Gasteiger partial charge in [-0.3, -0.25) is 14.9 Å². The van der Waals surface area contributed by atoms with Crippen molar-refractivity contribution in [2.75, 3.05) is 6.54 Å². The highest BCUT2D eigenvalue weighted by atomic mass is 19.2. The molecule has 1 amide bonds. The van der Waals surface area contributed by atoms with E-state index in [-0.39, 0.29) is 5.41 Å². The van der Waals surface area contributed by atoms with Crippen molar-refractivity contribution in [3.8, 4) is 0 Å². The molecule has 0 unspecified atom stereocenters. The first-order chi connectivity index (χ1) is 9.82. The summed E-state index contributed by atoms with van der Waals surface area (Å²) in [5, 5.41) is 13.4. The molecule has 5 nitrogen and oxygen atoms in total. The molecule has 0 radical (unpaired) electrons. The molecule has 0 heterocycles. The van der Waals surface area contributed by atoms with Gasteiger partial charge in [0.2, 0.25) is 0 Å². The Hall–Kier alpha value is -2.05. The number of nitro benzene ring substituents is 1. The van der Waals surface area contributed by atoms with E-state index in [4.69, 9.17) is 0 Å². The lowest BCUT2D eigenvalue weighted by molar-refractivity contribution is -0.385. The predicted molar refractivity (Wildman–Crippen MR) is 71.9 cm³/mol. The van der Waals surface area contributed by atoms with Crippen LogP contribution in [0.3, 0.4) is 0 Å². The number of nitrogens with one attached hydrogen (secondary N) is 1. The summed E-state index contributed by atoms with van der Waals surface area (Å²) in [6.07, 6.45) is 4.09. The van der Waals surface area contributed by atoms with E-state index in [1.165, 1.54) is 0 Å². The van der Waals surface area contributed by atoms with E-state index in [2.05, 4.69) is 5.32 Å². The molecular weight excluding hydrogens is 282 g/mol. The third-order valence-electron chi connectivity index (χ3n) is 3.97. The van der Waals surface area contributed by atoms with Crippen LogP contribution in [0.4, 0.5) is 14.5 Å². The molecule has 7 heteroatoms. The molecule has 0 aliphatic heterocycles. The molecule has 1 fully saturated rings. The summed E-state index contributed by atoms with van der Waals surface area (Å²) in [5.74, 6) is -3.38. The summed E-state index contributed by atoms with van der Waals surface area (Å²) < 4.78 is 26.3. The average molecular weight is 298 g/mol. The van der Waals surface area contributed by atoms with E-state index in [9.17, 15) is 23.7 Å². The summed E-state index contributed by atoms with van der Waals surface area (Å²) in [6, 6.07) is 1.00. The Morgan fingerprint density at radius 3 is 2.48 bits per heavy atom. The Morgan fingerprint density at radius 2 is 1.90 bits per heavy atom. The monoisotopic (exact) mass is 298 g/mol.